The largest absolute Gasteiger partial charge is 0.351 e. The number of fused-ring (bicyclic) bond motifs is 1. The number of halogens is 1. The molecule has 0 bridgehead atoms. The third kappa shape index (κ3) is 2.84. The Bertz CT molecular complexity index is 717. The third-order valence-corrected chi connectivity index (χ3v) is 4.11. The third-order valence-electron chi connectivity index (χ3n) is 2.88. The molecule has 3 rings (SSSR count). The molecule has 1 aromatic carbocycles. The molecule has 2 N–H and O–H groups in total. The molecule has 2 aromatic heterocycles. The van der Waals surface area contributed by atoms with Crippen molar-refractivity contribution in [3.8, 4) is 0 Å². The van der Waals surface area contributed by atoms with Crippen LogP contribution >= 0.6 is 22.9 Å². The first-order chi connectivity index (χ1) is 9.72. The summed E-state index contributed by atoms with van der Waals surface area (Å²) < 4.78 is 0.618. The van der Waals surface area contributed by atoms with E-state index in [9.17, 15) is 4.79 Å². The van der Waals surface area contributed by atoms with Crippen molar-refractivity contribution in [2.24, 2.45) is 0 Å². The van der Waals surface area contributed by atoms with Gasteiger partial charge in [-0.2, -0.15) is 0 Å². The summed E-state index contributed by atoms with van der Waals surface area (Å²) in [4.78, 5) is 20.1. The van der Waals surface area contributed by atoms with Crippen LogP contribution in [-0.2, 0) is 6.42 Å². The average Bonchev–Trinajstić information content (AvgIpc) is 3.04. The lowest BCUT2D eigenvalue weighted by Gasteiger charge is -2.01. The van der Waals surface area contributed by atoms with Crippen molar-refractivity contribution >= 4 is 39.9 Å². The number of H-pyrrole nitrogens is 1. The first-order valence-electron chi connectivity index (χ1n) is 6.19. The van der Waals surface area contributed by atoms with E-state index >= 15 is 0 Å². The Kier molecular flexibility index (Phi) is 3.71. The molecule has 20 heavy (non-hydrogen) atoms. The minimum atomic E-state index is -0.0991. The molecule has 0 unspecified atom stereocenters. The predicted molar refractivity (Wildman–Crippen MR) is 81.5 cm³/mol. The van der Waals surface area contributed by atoms with Crippen molar-refractivity contribution in [3.05, 3.63) is 51.4 Å². The second-order valence-electron chi connectivity index (χ2n) is 4.31. The summed E-state index contributed by atoms with van der Waals surface area (Å²) in [6.45, 7) is 0.536. The van der Waals surface area contributed by atoms with Gasteiger partial charge in [0.15, 0.2) is 0 Å². The van der Waals surface area contributed by atoms with Gasteiger partial charge in [-0.25, -0.2) is 4.98 Å². The standard InChI is InChI=1S/C14H12ClN3OS/c15-12-6-5-11(20-12)14(19)16-8-7-13-17-9-3-1-2-4-10(9)18-13/h1-6H,7-8H2,(H,16,19)(H,17,18). The van der Waals surface area contributed by atoms with Crippen LogP contribution in [-0.4, -0.2) is 22.4 Å². The van der Waals surface area contributed by atoms with Gasteiger partial charge in [0, 0.05) is 13.0 Å². The number of rotatable bonds is 4. The number of carbonyl (C=O) groups excluding carboxylic acids is 1. The number of thiophene rings is 1. The zero-order chi connectivity index (χ0) is 13.9. The smallest absolute Gasteiger partial charge is 0.261 e. The fourth-order valence-electron chi connectivity index (χ4n) is 1.94. The van der Waals surface area contributed by atoms with E-state index in [2.05, 4.69) is 15.3 Å². The van der Waals surface area contributed by atoms with Gasteiger partial charge in [-0.05, 0) is 24.3 Å². The molecule has 0 radical (unpaired) electrons. The summed E-state index contributed by atoms with van der Waals surface area (Å²) in [5, 5.41) is 2.86. The molecule has 6 heteroatoms. The zero-order valence-electron chi connectivity index (χ0n) is 10.5. The summed E-state index contributed by atoms with van der Waals surface area (Å²) in [5.74, 6) is 0.772. The van der Waals surface area contributed by atoms with Gasteiger partial charge in [0.25, 0.3) is 5.91 Å². The van der Waals surface area contributed by atoms with E-state index in [1.54, 1.807) is 12.1 Å². The number of hydrogen-bond donors (Lipinski definition) is 2. The van der Waals surface area contributed by atoms with Crippen molar-refractivity contribution in [3.63, 3.8) is 0 Å². The number of aromatic nitrogens is 2. The Morgan fingerprint density at radius 3 is 2.90 bits per heavy atom. The summed E-state index contributed by atoms with van der Waals surface area (Å²) >= 11 is 7.08. The molecule has 0 aliphatic heterocycles. The second-order valence-corrected chi connectivity index (χ2v) is 6.03. The van der Waals surface area contributed by atoms with Crippen molar-refractivity contribution in [2.45, 2.75) is 6.42 Å². The minimum absolute atomic E-state index is 0.0991. The van der Waals surface area contributed by atoms with Crippen molar-refractivity contribution in [1.82, 2.24) is 15.3 Å². The highest BCUT2D eigenvalue weighted by atomic mass is 35.5. The zero-order valence-corrected chi connectivity index (χ0v) is 12.1. The quantitative estimate of drug-likeness (QED) is 0.777. The van der Waals surface area contributed by atoms with E-state index in [0.717, 1.165) is 16.9 Å². The van der Waals surface area contributed by atoms with Gasteiger partial charge in [0.1, 0.15) is 5.82 Å². The van der Waals surface area contributed by atoms with E-state index in [0.29, 0.717) is 22.2 Å². The van der Waals surface area contributed by atoms with Crippen molar-refractivity contribution in [1.29, 1.82) is 0 Å². The molecule has 0 saturated carbocycles. The molecule has 0 spiro atoms. The highest BCUT2D eigenvalue weighted by molar-refractivity contribution is 7.17. The Hall–Kier alpha value is -1.85. The molecule has 0 saturated heterocycles. The van der Waals surface area contributed by atoms with E-state index in [-0.39, 0.29) is 5.91 Å². The lowest BCUT2D eigenvalue weighted by Crippen LogP contribution is -2.25. The number of nitrogens with zero attached hydrogens (tertiary/aromatic N) is 1. The summed E-state index contributed by atoms with van der Waals surface area (Å²) in [6, 6.07) is 11.3. The SMILES string of the molecule is O=C(NCCc1nc2ccccc2[nH]1)c1ccc(Cl)s1. The number of benzene rings is 1. The van der Waals surface area contributed by atoms with Gasteiger partial charge in [0.05, 0.1) is 20.2 Å². The molecule has 102 valence electrons. The molecule has 2 heterocycles. The maximum atomic E-state index is 11.8. The molecule has 0 atom stereocenters. The van der Waals surface area contributed by atoms with Gasteiger partial charge in [-0.3, -0.25) is 4.79 Å². The minimum Gasteiger partial charge on any atom is -0.351 e. The van der Waals surface area contributed by atoms with Crippen LogP contribution in [0.25, 0.3) is 11.0 Å². The number of hydrogen-bond acceptors (Lipinski definition) is 3. The van der Waals surface area contributed by atoms with Crippen LogP contribution in [0, 0.1) is 0 Å². The van der Waals surface area contributed by atoms with E-state index < -0.39 is 0 Å². The molecule has 0 aliphatic rings. The number of nitrogens with one attached hydrogen (secondary N) is 2. The summed E-state index contributed by atoms with van der Waals surface area (Å²) in [7, 11) is 0. The summed E-state index contributed by atoms with van der Waals surface area (Å²) in [5.41, 5.74) is 1.96. The topological polar surface area (TPSA) is 57.8 Å². The average molecular weight is 306 g/mol. The Morgan fingerprint density at radius 1 is 1.30 bits per heavy atom. The fourth-order valence-corrected chi connectivity index (χ4v) is 2.90. The summed E-state index contributed by atoms with van der Waals surface area (Å²) in [6.07, 6.45) is 0.666. The Morgan fingerprint density at radius 2 is 2.15 bits per heavy atom. The Labute approximate surface area is 124 Å². The second kappa shape index (κ2) is 5.64. The number of imidazole rings is 1. The van der Waals surface area contributed by atoms with Crippen LogP contribution in [0.1, 0.15) is 15.5 Å². The predicted octanol–water partition coefficient (Wildman–Crippen LogP) is 3.25. The lowest BCUT2D eigenvalue weighted by atomic mass is 10.3. The highest BCUT2D eigenvalue weighted by Crippen LogP contribution is 2.21. The van der Waals surface area contributed by atoms with Gasteiger partial charge in [0.2, 0.25) is 0 Å². The molecular formula is C14H12ClN3OS. The number of carbonyl (C=O) groups is 1. The van der Waals surface area contributed by atoms with Gasteiger partial charge < -0.3 is 10.3 Å². The van der Waals surface area contributed by atoms with Crippen LogP contribution < -0.4 is 5.32 Å². The molecule has 1 amide bonds. The van der Waals surface area contributed by atoms with Gasteiger partial charge in [-0.15, -0.1) is 11.3 Å². The van der Waals surface area contributed by atoms with Crippen LogP contribution in [0.3, 0.4) is 0 Å². The van der Waals surface area contributed by atoms with E-state index in [1.807, 2.05) is 24.3 Å². The van der Waals surface area contributed by atoms with Crippen LogP contribution in [0.5, 0.6) is 0 Å². The van der Waals surface area contributed by atoms with Crippen LogP contribution in [0.2, 0.25) is 4.34 Å². The first kappa shape index (κ1) is 13.1. The number of para-hydroxylation sites is 2. The fraction of sp³-hybridized carbons (Fsp3) is 0.143. The highest BCUT2D eigenvalue weighted by Gasteiger charge is 2.08. The van der Waals surface area contributed by atoms with Crippen LogP contribution in [0.15, 0.2) is 36.4 Å². The van der Waals surface area contributed by atoms with Crippen molar-refractivity contribution < 1.29 is 4.79 Å². The first-order valence-corrected chi connectivity index (χ1v) is 7.39. The normalized spacial score (nSPS) is 10.8. The van der Waals surface area contributed by atoms with Gasteiger partial charge >= 0.3 is 0 Å². The molecule has 3 aromatic rings. The van der Waals surface area contributed by atoms with Gasteiger partial charge in [-0.1, -0.05) is 23.7 Å². The van der Waals surface area contributed by atoms with E-state index in [1.165, 1.54) is 11.3 Å². The molecular weight excluding hydrogens is 294 g/mol. The van der Waals surface area contributed by atoms with Crippen molar-refractivity contribution in [2.75, 3.05) is 6.54 Å². The number of amides is 1. The maximum absolute atomic E-state index is 11.8. The molecule has 0 aliphatic carbocycles. The molecule has 0 fully saturated rings. The van der Waals surface area contributed by atoms with E-state index in [4.69, 9.17) is 11.6 Å². The molecule has 4 nitrogen and oxygen atoms in total. The lowest BCUT2D eigenvalue weighted by molar-refractivity contribution is 0.0958. The number of aromatic amines is 1. The monoisotopic (exact) mass is 305 g/mol. The Balaban J connectivity index is 1.58. The van der Waals surface area contributed by atoms with Crippen LogP contribution in [0.4, 0.5) is 0 Å². The maximum Gasteiger partial charge on any atom is 0.261 e.